The number of nitrogens with one attached hydrogen (secondary N) is 1. The van der Waals surface area contributed by atoms with Crippen LogP contribution in [0.15, 0.2) is 48.5 Å². The summed E-state index contributed by atoms with van der Waals surface area (Å²) in [5, 5.41) is 2.62. The second-order valence-corrected chi connectivity index (χ2v) is 5.08. The van der Waals surface area contributed by atoms with Crippen molar-refractivity contribution in [3.05, 3.63) is 59.9 Å². The third kappa shape index (κ3) is 4.81. The van der Waals surface area contributed by atoms with Crippen LogP contribution in [0.2, 0.25) is 0 Å². The van der Waals surface area contributed by atoms with Gasteiger partial charge in [0.05, 0.1) is 5.56 Å². The van der Waals surface area contributed by atoms with Gasteiger partial charge >= 0.3 is 5.97 Å². The molecule has 0 saturated heterocycles. The van der Waals surface area contributed by atoms with E-state index in [9.17, 15) is 14.0 Å². The number of nitrogens with zero attached hydrogens (tertiary/aromatic N) is 1. The summed E-state index contributed by atoms with van der Waals surface area (Å²) in [6, 6.07) is 12.3. The normalized spacial score (nSPS) is 10.0. The minimum absolute atomic E-state index is 0.0631. The first-order valence-electron chi connectivity index (χ1n) is 6.95. The average Bonchev–Trinajstić information content (AvgIpc) is 2.53. The zero-order valence-corrected chi connectivity index (χ0v) is 12.9. The van der Waals surface area contributed by atoms with Crippen molar-refractivity contribution in [3.8, 4) is 0 Å². The SMILES string of the molecule is CN(C)c1ccc(NC(=O)COC(=O)c2cccc(F)c2)cc1. The summed E-state index contributed by atoms with van der Waals surface area (Å²) >= 11 is 0. The van der Waals surface area contributed by atoms with E-state index in [0.717, 1.165) is 11.8 Å². The highest BCUT2D eigenvalue weighted by molar-refractivity contribution is 5.95. The fraction of sp³-hybridized carbons (Fsp3) is 0.176. The molecular weight excluding hydrogens is 299 g/mol. The fourth-order valence-corrected chi connectivity index (χ4v) is 1.87. The summed E-state index contributed by atoms with van der Waals surface area (Å²) in [5.41, 5.74) is 1.66. The maximum absolute atomic E-state index is 13.0. The molecule has 0 aliphatic heterocycles. The van der Waals surface area contributed by atoms with Crippen molar-refractivity contribution >= 4 is 23.3 Å². The molecule has 0 fully saturated rings. The van der Waals surface area contributed by atoms with E-state index in [1.165, 1.54) is 18.2 Å². The lowest BCUT2D eigenvalue weighted by Gasteiger charge is -2.13. The van der Waals surface area contributed by atoms with Crippen LogP contribution in [0, 0.1) is 5.82 Å². The monoisotopic (exact) mass is 316 g/mol. The Labute approximate surface area is 133 Å². The number of halogens is 1. The molecule has 2 rings (SSSR count). The van der Waals surface area contributed by atoms with Crippen molar-refractivity contribution in [3.63, 3.8) is 0 Å². The molecule has 2 aromatic carbocycles. The van der Waals surface area contributed by atoms with Gasteiger partial charge in [0.15, 0.2) is 6.61 Å². The van der Waals surface area contributed by atoms with Crippen LogP contribution < -0.4 is 10.2 Å². The van der Waals surface area contributed by atoms with Gasteiger partial charge in [0.1, 0.15) is 5.82 Å². The highest BCUT2D eigenvalue weighted by atomic mass is 19.1. The van der Waals surface area contributed by atoms with E-state index in [0.29, 0.717) is 5.69 Å². The van der Waals surface area contributed by atoms with Crippen molar-refractivity contribution in [1.82, 2.24) is 0 Å². The first-order valence-corrected chi connectivity index (χ1v) is 6.95. The van der Waals surface area contributed by atoms with Gasteiger partial charge in [0.2, 0.25) is 0 Å². The Morgan fingerprint density at radius 1 is 1.13 bits per heavy atom. The number of anilines is 2. The standard InChI is InChI=1S/C17H17FN2O3/c1-20(2)15-8-6-14(7-9-15)19-16(21)11-23-17(22)12-4-3-5-13(18)10-12/h3-10H,11H2,1-2H3,(H,19,21). The van der Waals surface area contributed by atoms with E-state index < -0.39 is 24.3 Å². The van der Waals surface area contributed by atoms with E-state index in [1.807, 2.05) is 31.1 Å². The number of hydrogen-bond donors (Lipinski definition) is 1. The van der Waals surface area contributed by atoms with Crippen molar-refractivity contribution in [2.24, 2.45) is 0 Å². The molecule has 23 heavy (non-hydrogen) atoms. The molecule has 1 amide bonds. The number of benzene rings is 2. The zero-order valence-electron chi connectivity index (χ0n) is 12.9. The number of carbonyl (C=O) groups excluding carboxylic acids is 2. The summed E-state index contributed by atoms with van der Waals surface area (Å²) in [5.74, 6) is -1.75. The molecule has 0 aliphatic rings. The topological polar surface area (TPSA) is 58.6 Å². The molecular formula is C17H17FN2O3. The van der Waals surface area contributed by atoms with Crippen LogP contribution in [0.1, 0.15) is 10.4 Å². The summed E-state index contributed by atoms with van der Waals surface area (Å²) in [4.78, 5) is 25.4. The van der Waals surface area contributed by atoms with E-state index in [2.05, 4.69) is 5.32 Å². The maximum atomic E-state index is 13.0. The van der Waals surface area contributed by atoms with E-state index in [1.54, 1.807) is 12.1 Å². The van der Waals surface area contributed by atoms with Gasteiger partial charge in [-0.25, -0.2) is 9.18 Å². The molecule has 5 nitrogen and oxygen atoms in total. The predicted molar refractivity (Wildman–Crippen MR) is 86.1 cm³/mol. The molecule has 0 unspecified atom stereocenters. The Hall–Kier alpha value is -2.89. The maximum Gasteiger partial charge on any atom is 0.338 e. The Balaban J connectivity index is 1.86. The van der Waals surface area contributed by atoms with E-state index >= 15 is 0 Å². The molecule has 0 aliphatic carbocycles. The van der Waals surface area contributed by atoms with E-state index in [4.69, 9.17) is 4.74 Å². The third-order valence-electron chi connectivity index (χ3n) is 3.06. The summed E-state index contributed by atoms with van der Waals surface area (Å²) in [6.07, 6.45) is 0. The minimum atomic E-state index is -0.748. The molecule has 0 bridgehead atoms. The largest absolute Gasteiger partial charge is 0.452 e. The van der Waals surface area contributed by atoms with Gasteiger partial charge < -0.3 is 15.0 Å². The lowest BCUT2D eigenvalue weighted by Crippen LogP contribution is -2.21. The molecule has 0 radical (unpaired) electrons. The van der Waals surface area contributed by atoms with Crippen molar-refractivity contribution in [2.75, 3.05) is 30.9 Å². The third-order valence-corrected chi connectivity index (χ3v) is 3.06. The average molecular weight is 316 g/mol. The molecule has 2 aromatic rings. The molecule has 0 atom stereocenters. The number of rotatable bonds is 5. The highest BCUT2D eigenvalue weighted by Crippen LogP contribution is 2.15. The van der Waals surface area contributed by atoms with Gasteiger partial charge in [0.25, 0.3) is 5.91 Å². The second-order valence-electron chi connectivity index (χ2n) is 5.08. The molecule has 0 aromatic heterocycles. The molecule has 0 saturated carbocycles. The number of ether oxygens (including phenoxy) is 1. The van der Waals surface area contributed by atoms with Crippen LogP contribution >= 0.6 is 0 Å². The molecule has 0 heterocycles. The van der Waals surface area contributed by atoms with Crippen LogP contribution in [0.5, 0.6) is 0 Å². The predicted octanol–water partition coefficient (Wildman–Crippen LogP) is 2.69. The van der Waals surface area contributed by atoms with Gasteiger partial charge in [-0.15, -0.1) is 0 Å². The van der Waals surface area contributed by atoms with Crippen LogP contribution in [0.25, 0.3) is 0 Å². The lowest BCUT2D eigenvalue weighted by molar-refractivity contribution is -0.119. The van der Waals surface area contributed by atoms with E-state index in [-0.39, 0.29) is 5.56 Å². The molecule has 1 N–H and O–H groups in total. The second kappa shape index (κ2) is 7.40. The van der Waals surface area contributed by atoms with Gasteiger partial charge in [-0.2, -0.15) is 0 Å². The zero-order chi connectivity index (χ0) is 16.8. The number of amides is 1. The first-order chi connectivity index (χ1) is 11.0. The Morgan fingerprint density at radius 3 is 2.43 bits per heavy atom. The quantitative estimate of drug-likeness (QED) is 0.862. The number of carbonyl (C=O) groups is 2. The van der Waals surface area contributed by atoms with Gasteiger partial charge in [0, 0.05) is 25.5 Å². The Bertz CT molecular complexity index is 699. The minimum Gasteiger partial charge on any atom is -0.452 e. The smallest absolute Gasteiger partial charge is 0.338 e. The fourth-order valence-electron chi connectivity index (χ4n) is 1.87. The van der Waals surface area contributed by atoms with Crippen molar-refractivity contribution < 1.29 is 18.7 Å². The van der Waals surface area contributed by atoms with Crippen molar-refractivity contribution in [1.29, 1.82) is 0 Å². The molecule has 6 heteroatoms. The summed E-state index contributed by atoms with van der Waals surface area (Å²) in [7, 11) is 3.83. The van der Waals surface area contributed by atoms with Crippen molar-refractivity contribution in [2.45, 2.75) is 0 Å². The van der Waals surface area contributed by atoms with Gasteiger partial charge in [-0.05, 0) is 42.5 Å². The Kier molecular flexibility index (Phi) is 5.30. The summed E-state index contributed by atoms with van der Waals surface area (Å²) in [6.45, 7) is -0.440. The molecule has 0 spiro atoms. The highest BCUT2D eigenvalue weighted by Gasteiger charge is 2.11. The van der Waals surface area contributed by atoms with Gasteiger partial charge in [-0.1, -0.05) is 6.07 Å². The van der Waals surface area contributed by atoms with Crippen LogP contribution in [-0.4, -0.2) is 32.6 Å². The molecule has 120 valence electrons. The van der Waals surface area contributed by atoms with Gasteiger partial charge in [-0.3, -0.25) is 4.79 Å². The Morgan fingerprint density at radius 2 is 1.83 bits per heavy atom. The van der Waals surface area contributed by atoms with Crippen LogP contribution in [0.4, 0.5) is 15.8 Å². The number of hydrogen-bond acceptors (Lipinski definition) is 4. The summed E-state index contributed by atoms with van der Waals surface area (Å²) < 4.78 is 17.9. The van der Waals surface area contributed by atoms with Crippen LogP contribution in [0.3, 0.4) is 0 Å². The first kappa shape index (κ1) is 16.5. The lowest BCUT2D eigenvalue weighted by atomic mass is 10.2. The van der Waals surface area contributed by atoms with Crippen LogP contribution in [-0.2, 0) is 9.53 Å². The number of esters is 1.